The number of alkyl carbamates (subject to hydrolysis) is 1. The predicted octanol–water partition coefficient (Wildman–Crippen LogP) is 5.27. The molecule has 1 amide bonds. The molecule has 3 aromatic rings. The van der Waals surface area contributed by atoms with Crippen molar-refractivity contribution in [2.45, 2.75) is 44.3 Å². The van der Waals surface area contributed by atoms with Gasteiger partial charge in [0.1, 0.15) is 24.2 Å². The summed E-state index contributed by atoms with van der Waals surface area (Å²) in [5, 5.41) is 12.6. The summed E-state index contributed by atoms with van der Waals surface area (Å²) in [4.78, 5) is 33.1. The number of alkyl halides is 2. The molecule has 4 heterocycles. The minimum Gasteiger partial charge on any atom is -0.447 e. The highest BCUT2D eigenvalue weighted by molar-refractivity contribution is 7.11. The fourth-order valence-corrected chi connectivity index (χ4v) is 5.45. The van der Waals surface area contributed by atoms with Crippen LogP contribution in [0.2, 0.25) is 5.02 Å². The molecule has 1 saturated heterocycles. The van der Waals surface area contributed by atoms with Crippen LogP contribution >= 0.6 is 22.9 Å². The van der Waals surface area contributed by atoms with E-state index in [1.165, 1.54) is 36.5 Å². The summed E-state index contributed by atoms with van der Waals surface area (Å²) in [5.41, 5.74) is 0.486. The molecule has 2 N–H and O–H groups in total. The third-order valence-electron chi connectivity index (χ3n) is 6.42. The number of Topliss-reactive ketones (excluding diaryl/α,β-unsaturated/α-hetero) is 1. The molecule has 0 saturated carbocycles. The zero-order valence-corrected chi connectivity index (χ0v) is 22.0. The number of rotatable bonds is 9. The Hall–Kier alpha value is -3.71. The van der Waals surface area contributed by atoms with E-state index in [0.717, 1.165) is 12.3 Å². The SMILES string of the molecule is CC(=O)CC[C@]1(CC2=C(c3ccn(C(F)F)n3)[C@H](c3ccc(F)cc3Cl)N=C(c3nccs3)N2)COC(=O)N1. The van der Waals surface area contributed by atoms with Crippen molar-refractivity contribution < 1.29 is 27.5 Å². The van der Waals surface area contributed by atoms with E-state index in [1.54, 1.807) is 11.6 Å². The van der Waals surface area contributed by atoms with E-state index in [1.807, 2.05) is 0 Å². The molecule has 1 aromatic carbocycles. The van der Waals surface area contributed by atoms with Gasteiger partial charge in [-0.25, -0.2) is 18.9 Å². The molecule has 0 unspecified atom stereocenters. The maximum Gasteiger partial charge on any atom is 0.407 e. The summed E-state index contributed by atoms with van der Waals surface area (Å²) in [6.07, 6.45) is 2.66. The quantitative estimate of drug-likeness (QED) is 0.358. The summed E-state index contributed by atoms with van der Waals surface area (Å²) < 4.78 is 46.7. The second-order valence-corrected chi connectivity index (χ2v) is 10.5. The molecule has 39 heavy (non-hydrogen) atoms. The number of cyclic esters (lactones) is 1. The lowest BCUT2D eigenvalue weighted by atomic mass is 9.84. The number of aromatic nitrogens is 3. The molecule has 0 radical (unpaired) electrons. The van der Waals surface area contributed by atoms with Crippen LogP contribution in [0.5, 0.6) is 0 Å². The van der Waals surface area contributed by atoms with Crippen LogP contribution < -0.4 is 10.6 Å². The van der Waals surface area contributed by atoms with Crippen molar-refractivity contribution in [2.24, 2.45) is 4.99 Å². The number of nitrogens with zero attached hydrogens (tertiary/aromatic N) is 4. The minimum atomic E-state index is -2.88. The van der Waals surface area contributed by atoms with Crippen molar-refractivity contribution in [1.82, 2.24) is 25.4 Å². The third kappa shape index (κ3) is 5.69. The Labute approximate surface area is 229 Å². The van der Waals surface area contributed by atoms with Crippen LogP contribution in [0, 0.1) is 5.82 Å². The van der Waals surface area contributed by atoms with Crippen molar-refractivity contribution in [2.75, 3.05) is 6.61 Å². The van der Waals surface area contributed by atoms with Gasteiger partial charge < -0.3 is 20.2 Å². The van der Waals surface area contributed by atoms with Crippen LogP contribution in [0.3, 0.4) is 0 Å². The van der Waals surface area contributed by atoms with Gasteiger partial charge in [0.05, 0.1) is 11.2 Å². The van der Waals surface area contributed by atoms with Gasteiger partial charge in [0.2, 0.25) is 0 Å². The lowest BCUT2D eigenvalue weighted by molar-refractivity contribution is -0.117. The number of nitrogens with one attached hydrogen (secondary N) is 2. The van der Waals surface area contributed by atoms with E-state index < -0.39 is 30.0 Å². The van der Waals surface area contributed by atoms with E-state index in [4.69, 9.17) is 21.3 Å². The molecule has 9 nitrogen and oxygen atoms in total. The van der Waals surface area contributed by atoms with Gasteiger partial charge in [0, 0.05) is 52.5 Å². The number of hydrogen-bond acceptors (Lipinski definition) is 8. The lowest BCUT2D eigenvalue weighted by Gasteiger charge is -2.33. The van der Waals surface area contributed by atoms with Crippen LogP contribution in [0.1, 0.15) is 55.0 Å². The molecule has 204 valence electrons. The summed E-state index contributed by atoms with van der Waals surface area (Å²) >= 11 is 7.79. The van der Waals surface area contributed by atoms with Gasteiger partial charge in [-0.05, 0) is 31.5 Å². The van der Waals surface area contributed by atoms with Gasteiger partial charge in [0.15, 0.2) is 10.8 Å². The van der Waals surface area contributed by atoms with Gasteiger partial charge in [-0.3, -0.25) is 4.99 Å². The second-order valence-electron chi connectivity index (χ2n) is 9.22. The Morgan fingerprint density at radius 3 is 2.79 bits per heavy atom. The smallest absolute Gasteiger partial charge is 0.407 e. The van der Waals surface area contributed by atoms with E-state index in [9.17, 15) is 22.8 Å². The molecule has 2 aliphatic rings. The number of hydrogen-bond donors (Lipinski definition) is 2. The molecule has 5 rings (SSSR count). The first-order chi connectivity index (χ1) is 18.6. The van der Waals surface area contributed by atoms with Gasteiger partial charge >= 0.3 is 12.6 Å². The van der Waals surface area contributed by atoms with E-state index in [0.29, 0.717) is 32.4 Å². The topological polar surface area (TPSA) is 110 Å². The fourth-order valence-electron chi connectivity index (χ4n) is 4.59. The number of benzene rings is 1. The molecular formula is C25H22ClF3N6O3S. The van der Waals surface area contributed by atoms with Gasteiger partial charge in [-0.1, -0.05) is 17.7 Å². The first kappa shape index (κ1) is 26.9. The summed E-state index contributed by atoms with van der Waals surface area (Å²) in [5.74, 6) is -0.254. The number of ether oxygens (including phenoxy) is 1. The molecule has 1 fully saturated rings. The van der Waals surface area contributed by atoms with E-state index in [2.05, 4.69) is 20.7 Å². The number of carbonyl (C=O) groups excluding carboxylic acids is 2. The van der Waals surface area contributed by atoms with Crippen molar-refractivity contribution in [3.05, 3.63) is 74.8 Å². The number of ketones is 1. The summed E-state index contributed by atoms with van der Waals surface area (Å²) in [6.45, 7) is -1.45. The molecule has 2 aliphatic heterocycles. The van der Waals surface area contributed by atoms with Crippen molar-refractivity contribution in [1.29, 1.82) is 0 Å². The number of amidine groups is 1. The first-order valence-electron chi connectivity index (χ1n) is 11.8. The Morgan fingerprint density at radius 1 is 1.36 bits per heavy atom. The maximum atomic E-state index is 14.0. The number of aliphatic imine (C=N–C) groups is 1. The highest BCUT2D eigenvalue weighted by Crippen LogP contribution is 2.43. The average molecular weight is 579 g/mol. The van der Waals surface area contributed by atoms with Crippen molar-refractivity contribution >= 4 is 46.2 Å². The zero-order chi connectivity index (χ0) is 27.7. The molecule has 2 aromatic heterocycles. The van der Waals surface area contributed by atoms with E-state index >= 15 is 0 Å². The Kier molecular flexibility index (Phi) is 7.45. The zero-order valence-electron chi connectivity index (χ0n) is 20.5. The Balaban J connectivity index is 1.69. The predicted molar refractivity (Wildman–Crippen MR) is 138 cm³/mol. The molecule has 0 bridgehead atoms. The molecule has 0 aliphatic carbocycles. The molecular weight excluding hydrogens is 557 g/mol. The molecule has 14 heteroatoms. The normalized spacial score (nSPS) is 21.0. The van der Waals surface area contributed by atoms with Crippen molar-refractivity contribution in [3.63, 3.8) is 0 Å². The number of thiazole rings is 1. The highest BCUT2D eigenvalue weighted by atomic mass is 35.5. The highest BCUT2D eigenvalue weighted by Gasteiger charge is 2.43. The number of carbonyl (C=O) groups is 2. The fraction of sp³-hybridized carbons (Fsp3) is 0.320. The van der Waals surface area contributed by atoms with Gasteiger partial charge in [-0.15, -0.1) is 11.3 Å². The van der Waals surface area contributed by atoms with Gasteiger partial charge in [0.25, 0.3) is 0 Å². The summed E-state index contributed by atoms with van der Waals surface area (Å²) in [7, 11) is 0. The number of halogens is 4. The van der Waals surface area contributed by atoms with Crippen LogP contribution in [0.25, 0.3) is 5.57 Å². The number of amides is 1. The monoisotopic (exact) mass is 578 g/mol. The largest absolute Gasteiger partial charge is 0.447 e. The van der Waals surface area contributed by atoms with E-state index in [-0.39, 0.29) is 42.4 Å². The third-order valence-corrected chi connectivity index (χ3v) is 7.53. The lowest BCUT2D eigenvalue weighted by Crippen LogP contribution is -2.46. The van der Waals surface area contributed by atoms with Crippen LogP contribution in [0.15, 0.2) is 52.7 Å². The Bertz CT molecular complexity index is 1480. The van der Waals surface area contributed by atoms with Gasteiger partial charge in [-0.2, -0.15) is 13.9 Å². The van der Waals surface area contributed by atoms with Crippen LogP contribution in [0.4, 0.5) is 18.0 Å². The standard InChI is InChI=1S/C25H22ClF3N6O3S/c1-13(36)4-6-25(12-38-24(37)33-25)11-18-19(17-5-8-35(34-17)23(28)29)20(15-3-2-14(27)10-16(15)26)32-21(31-18)22-30-7-9-39-22/h2-3,5,7-10,20,23H,4,6,11-12H2,1H3,(H,31,32)(H,33,37)/t20-,25-/m0/s1. The first-order valence-corrected chi connectivity index (χ1v) is 13.1. The minimum absolute atomic E-state index is 0.0191. The van der Waals surface area contributed by atoms with Crippen LogP contribution in [-0.4, -0.2) is 44.6 Å². The maximum absolute atomic E-state index is 14.0. The van der Waals surface area contributed by atoms with Crippen molar-refractivity contribution in [3.8, 4) is 0 Å². The molecule has 0 spiro atoms. The average Bonchev–Trinajstić information content (AvgIpc) is 3.65. The molecule has 2 atom stereocenters. The Morgan fingerprint density at radius 2 is 2.18 bits per heavy atom. The van der Waals surface area contributed by atoms with Crippen LogP contribution in [-0.2, 0) is 9.53 Å². The second kappa shape index (κ2) is 10.8. The summed E-state index contributed by atoms with van der Waals surface area (Å²) in [6, 6.07) is 4.38.